The zero-order chi connectivity index (χ0) is 26.2. The van der Waals surface area contributed by atoms with Gasteiger partial charge in [0.1, 0.15) is 0 Å². The summed E-state index contributed by atoms with van der Waals surface area (Å²) in [6.45, 7) is 12.4. The van der Waals surface area contributed by atoms with Crippen LogP contribution in [0.15, 0.2) is 0 Å². The number of esters is 4. The van der Waals surface area contributed by atoms with Gasteiger partial charge in [-0.3, -0.25) is 19.2 Å². The standard InChI is InChI=1S/C14H26O4.C12H22O4/c1-3-5-11-17-13(15)9-7-8-10-14(16)18-12-6-4-2;1-9(2)15-11(13)7-5-6-8-12(14)16-10(3)4/h3-12H2,1-2H3;9-10H,5-8H2,1-4H3. The molecule has 0 fully saturated rings. The monoisotopic (exact) mass is 488 g/mol. The van der Waals surface area contributed by atoms with Crippen LogP contribution in [-0.2, 0) is 38.1 Å². The van der Waals surface area contributed by atoms with Crippen LogP contribution in [0.25, 0.3) is 0 Å². The molecule has 0 N–H and O–H groups in total. The zero-order valence-corrected chi connectivity index (χ0v) is 22.3. The third-order valence-corrected chi connectivity index (χ3v) is 4.28. The molecule has 0 atom stereocenters. The first kappa shape index (κ1) is 34.0. The SMILES string of the molecule is CC(C)OC(=O)CCCCC(=O)OC(C)C.CCCCOC(=O)CCCCC(=O)OCCCC. The second kappa shape index (κ2) is 24.0. The summed E-state index contributed by atoms with van der Waals surface area (Å²) in [5.41, 5.74) is 0. The summed E-state index contributed by atoms with van der Waals surface area (Å²) in [7, 11) is 0. The van der Waals surface area contributed by atoms with E-state index in [9.17, 15) is 19.2 Å². The van der Waals surface area contributed by atoms with Gasteiger partial charge in [0.2, 0.25) is 0 Å². The summed E-state index contributed by atoms with van der Waals surface area (Å²) in [6.07, 6.45) is 7.97. The van der Waals surface area contributed by atoms with E-state index in [0.717, 1.165) is 25.7 Å². The third-order valence-electron chi connectivity index (χ3n) is 4.28. The lowest BCUT2D eigenvalue weighted by Gasteiger charge is -2.08. The lowest BCUT2D eigenvalue weighted by Crippen LogP contribution is -2.12. The van der Waals surface area contributed by atoms with Gasteiger partial charge in [0.05, 0.1) is 25.4 Å². The summed E-state index contributed by atoms with van der Waals surface area (Å²) in [6, 6.07) is 0. The fraction of sp³-hybridized carbons (Fsp3) is 0.846. The van der Waals surface area contributed by atoms with Crippen molar-refractivity contribution in [3.05, 3.63) is 0 Å². The molecule has 0 saturated heterocycles. The van der Waals surface area contributed by atoms with Crippen molar-refractivity contribution in [2.24, 2.45) is 0 Å². The predicted molar refractivity (Wildman–Crippen MR) is 131 cm³/mol. The Hall–Kier alpha value is -2.12. The molecule has 0 amide bonds. The van der Waals surface area contributed by atoms with Crippen molar-refractivity contribution in [2.75, 3.05) is 13.2 Å². The van der Waals surface area contributed by atoms with E-state index in [-0.39, 0.29) is 36.1 Å². The average Bonchev–Trinajstić information content (AvgIpc) is 2.74. The highest BCUT2D eigenvalue weighted by atomic mass is 16.5. The molecule has 8 nitrogen and oxygen atoms in total. The first-order valence-corrected chi connectivity index (χ1v) is 12.8. The van der Waals surface area contributed by atoms with Gasteiger partial charge in [-0.25, -0.2) is 0 Å². The van der Waals surface area contributed by atoms with Gasteiger partial charge in [0, 0.05) is 25.7 Å². The molecule has 0 aromatic carbocycles. The zero-order valence-electron chi connectivity index (χ0n) is 22.3. The summed E-state index contributed by atoms with van der Waals surface area (Å²) < 4.78 is 20.0. The first-order valence-electron chi connectivity index (χ1n) is 12.8. The number of hydrogen-bond donors (Lipinski definition) is 0. The minimum Gasteiger partial charge on any atom is -0.466 e. The molecule has 0 radical (unpaired) electrons. The molecule has 0 spiro atoms. The molecule has 34 heavy (non-hydrogen) atoms. The largest absolute Gasteiger partial charge is 0.466 e. The number of rotatable bonds is 18. The van der Waals surface area contributed by atoms with E-state index in [1.807, 2.05) is 27.7 Å². The second-order valence-corrected chi connectivity index (χ2v) is 8.64. The Bertz CT molecular complexity index is 495. The molecular weight excluding hydrogens is 440 g/mol. The van der Waals surface area contributed by atoms with Gasteiger partial charge in [-0.1, -0.05) is 26.7 Å². The van der Waals surface area contributed by atoms with Crippen LogP contribution >= 0.6 is 0 Å². The fourth-order valence-corrected chi connectivity index (χ4v) is 2.53. The molecule has 0 aliphatic rings. The lowest BCUT2D eigenvalue weighted by atomic mass is 10.2. The van der Waals surface area contributed by atoms with Crippen LogP contribution in [0, 0.1) is 0 Å². The quantitative estimate of drug-likeness (QED) is 0.138. The Labute approximate surface area is 206 Å². The van der Waals surface area contributed by atoms with Crippen molar-refractivity contribution in [3.8, 4) is 0 Å². The van der Waals surface area contributed by atoms with Crippen molar-refractivity contribution < 1.29 is 38.1 Å². The number of hydrogen-bond acceptors (Lipinski definition) is 8. The Morgan fingerprint density at radius 2 is 0.794 bits per heavy atom. The number of carbonyl (C=O) groups excluding carboxylic acids is 4. The van der Waals surface area contributed by atoms with Crippen molar-refractivity contribution in [1.29, 1.82) is 0 Å². The second-order valence-electron chi connectivity index (χ2n) is 8.64. The van der Waals surface area contributed by atoms with Gasteiger partial charge in [-0.05, 0) is 66.2 Å². The summed E-state index contributed by atoms with van der Waals surface area (Å²) in [5, 5.41) is 0. The minimum atomic E-state index is -0.202. The maximum atomic E-state index is 11.2. The molecule has 200 valence electrons. The van der Waals surface area contributed by atoms with Crippen LogP contribution in [0.3, 0.4) is 0 Å². The molecule has 0 unspecified atom stereocenters. The van der Waals surface area contributed by atoms with Crippen LogP contribution in [-0.4, -0.2) is 49.3 Å². The molecule has 0 aromatic rings. The van der Waals surface area contributed by atoms with Crippen LogP contribution in [0.2, 0.25) is 0 Å². The third kappa shape index (κ3) is 27.9. The van der Waals surface area contributed by atoms with Gasteiger partial charge in [-0.2, -0.15) is 0 Å². The Balaban J connectivity index is 0. The van der Waals surface area contributed by atoms with E-state index in [0.29, 0.717) is 64.6 Å². The maximum absolute atomic E-state index is 11.2. The van der Waals surface area contributed by atoms with Crippen LogP contribution in [0.4, 0.5) is 0 Å². The number of unbranched alkanes of at least 4 members (excludes halogenated alkanes) is 4. The van der Waals surface area contributed by atoms with Crippen molar-refractivity contribution in [2.45, 2.75) is 131 Å². The van der Waals surface area contributed by atoms with E-state index in [1.54, 1.807) is 0 Å². The fourth-order valence-electron chi connectivity index (χ4n) is 2.53. The molecule has 0 aliphatic carbocycles. The van der Waals surface area contributed by atoms with Gasteiger partial charge in [-0.15, -0.1) is 0 Å². The molecular formula is C26H48O8. The van der Waals surface area contributed by atoms with E-state index in [2.05, 4.69) is 13.8 Å². The lowest BCUT2D eigenvalue weighted by molar-refractivity contribution is -0.149. The molecule has 0 aromatic heterocycles. The molecule has 8 heteroatoms. The minimum absolute atomic E-state index is 0.0709. The summed E-state index contributed by atoms with van der Waals surface area (Å²) >= 11 is 0. The molecule has 0 aliphatic heterocycles. The summed E-state index contributed by atoms with van der Waals surface area (Å²) in [5.74, 6) is -0.731. The van der Waals surface area contributed by atoms with Gasteiger partial charge < -0.3 is 18.9 Å². The molecule has 0 saturated carbocycles. The number of ether oxygens (including phenoxy) is 4. The normalized spacial score (nSPS) is 10.4. The maximum Gasteiger partial charge on any atom is 0.306 e. The van der Waals surface area contributed by atoms with E-state index in [4.69, 9.17) is 18.9 Å². The summed E-state index contributed by atoms with van der Waals surface area (Å²) in [4.78, 5) is 44.7. The van der Waals surface area contributed by atoms with E-state index < -0.39 is 0 Å². The average molecular weight is 489 g/mol. The molecule has 0 bridgehead atoms. The highest BCUT2D eigenvalue weighted by Gasteiger charge is 2.08. The smallest absolute Gasteiger partial charge is 0.306 e. The van der Waals surface area contributed by atoms with Gasteiger partial charge in [0.15, 0.2) is 0 Å². The van der Waals surface area contributed by atoms with Crippen molar-refractivity contribution in [1.82, 2.24) is 0 Å². The Morgan fingerprint density at radius 3 is 1.06 bits per heavy atom. The predicted octanol–water partition coefficient (Wildman–Crippen LogP) is 5.68. The molecule has 0 heterocycles. The van der Waals surface area contributed by atoms with E-state index in [1.165, 1.54) is 0 Å². The topological polar surface area (TPSA) is 105 Å². The van der Waals surface area contributed by atoms with Crippen LogP contribution in [0.1, 0.15) is 119 Å². The van der Waals surface area contributed by atoms with Crippen molar-refractivity contribution in [3.63, 3.8) is 0 Å². The first-order chi connectivity index (χ1) is 16.1. The Morgan fingerprint density at radius 1 is 0.500 bits per heavy atom. The Kier molecular flexibility index (Phi) is 24.1. The van der Waals surface area contributed by atoms with Crippen molar-refractivity contribution >= 4 is 23.9 Å². The highest BCUT2D eigenvalue weighted by Crippen LogP contribution is 2.06. The van der Waals surface area contributed by atoms with E-state index >= 15 is 0 Å². The highest BCUT2D eigenvalue weighted by molar-refractivity contribution is 5.71. The van der Waals surface area contributed by atoms with Gasteiger partial charge >= 0.3 is 23.9 Å². The van der Waals surface area contributed by atoms with Crippen LogP contribution < -0.4 is 0 Å². The molecule has 0 rings (SSSR count). The van der Waals surface area contributed by atoms with Crippen LogP contribution in [0.5, 0.6) is 0 Å². The number of carbonyl (C=O) groups is 4. The van der Waals surface area contributed by atoms with Gasteiger partial charge in [0.25, 0.3) is 0 Å².